The van der Waals surface area contributed by atoms with Crippen molar-refractivity contribution in [1.29, 1.82) is 0 Å². The van der Waals surface area contributed by atoms with Gasteiger partial charge in [-0.1, -0.05) is 32.9 Å². The molecule has 2 aromatic carbocycles. The fraction of sp³-hybridized carbons (Fsp3) is 0.364. The van der Waals surface area contributed by atoms with Crippen LogP contribution < -0.4 is 10.1 Å². The van der Waals surface area contributed by atoms with Crippen molar-refractivity contribution in [2.75, 3.05) is 7.11 Å². The van der Waals surface area contributed by atoms with Crippen molar-refractivity contribution in [3.05, 3.63) is 64.7 Å². The fourth-order valence-corrected chi connectivity index (χ4v) is 3.53. The summed E-state index contributed by atoms with van der Waals surface area (Å²) in [6.45, 7) is 6.89. The predicted molar refractivity (Wildman–Crippen MR) is 116 cm³/mol. The number of ether oxygens (including phenoxy) is 1. The van der Waals surface area contributed by atoms with Crippen LogP contribution in [-0.2, 0) is 13.7 Å². The third-order valence-electron chi connectivity index (χ3n) is 4.90. The molecule has 1 heterocycles. The van der Waals surface area contributed by atoms with Gasteiger partial charge in [-0.25, -0.2) is 9.07 Å². The molecule has 154 valence electrons. The average Bonchev–Trinajstić information content (AvgIpc) is 2.97. The molecular weight excluding hydrogens is 387 g/mol. The number of benzene rings is 2. The summed E-state index contributed by atoms with van der Waals surface area (Å²) in [4.78, 5) is 0. The van der Waals surface area contributed by atoms with Crippen molar-refractivity contribution < 1.29 is 9.13 Å². The minimum Gasteiger partial charge on any atom is -0.497 e. The van der Waals surface area contributed by atoms with E-state index in [0.717, 1.165) is 22.7 Å². The first kappa shape index (κ1) is 21.2. The SMILES string of the molecule is COc1ccc(-c2nn(CNC(c3ccc(F)cc3)C(C)(C)C)c(=S)n2C)cc1. The van der Waals surface area contributed by atoms with Crippen LogP contribution in [0.15, 0.2) is 48.5 Å². The summed E-state index contributed by atoms with van der Waals surface area (Å²) in [5, 5.41) is 8.25. The maximum atomic E-state index is 13.3. The number of methoxy groups -OCH3 is 1. The number of rotatable bonds is 6. The van der Waals surface area contributed by atoms with E-state index in [0.29, 0.717) is 11.4 Å². The molecule has 29 heavy (non-hydrogen) atoms. The lowest BCUT2D eigenvalue weighted by molar-refractivity contribution is 0.251. The number of hydrogen-bond acceptors (Lipinski definition) is 4. The molecule has 0 aliphatic rings. The Hall–Kier alpha value is -2.51. The molecule has 7 heteroatoms. The minimum absolute atomic E-state index is 0.0106. The zero-order valence-electron chi connectivity index (χ0n) is 17.4. The Labute approximate surface area is 176 Å². The fourth-order valence-electron chi connectivity index (χ4n) is 3.34. The highest BCUT2D eigenvalue weighted by atomic mass is 32.1. The lowest BCUT2D eigenvalue weighted by Gasteiger charge is -2.32. The number of halogens is 1. The van der Waals surface area contributed by atoms with E-state index < -0.39 is 0 Å². The highest BCUT2D eigenvalue weighted by molar-refractivity contribution is 7.71. The van der Waals surface area contributed by atoms with Gasteiger partial charge in [0.1, 0.15) is 11.6 Å². The Bertz CT molecular complexity index is 1020. The molecule has 0 bridgehead atoms. The monoisotopic (exact) mass is 414 g/mol. The average molecular weight is 415 g/mol. The first-order valence-electron chi connectivity index (χ1n) is 9.48. The van der Waals surface area contributed by atoms with E-state index in [1.54, 1.807) is 11.8 Å². The Kier molecular flexibility index (Phi) is 6.19. The van der Waals surface area contributed by atoms with Gasteiger partial charge < -0.3 is 9.30 Å². The van der Waals surface area contributed by atoms with E-state index in [9.17, 15) is 4.39 Å². The third-order valence-corrected chi connectivity index (χ3v) is 5.39. The molecule has 0 saturated carbocycles. The van der Waals surface area contributed by atoms with Crippen LogP contribution in [0.5, 0.6) is 5.75 Å². The molecule has 3 aromatic rings. The van der Waals surface area contributed by atoms with Crippen LogP contribution in [0, 0.1) is 16.0 Å². The largest absolute Gasteiger partial charge is 0.497 e. The van der Waals surface area contributed by atoms with E-state index in [2.05, 4.69) is 26.1 Å². The first-order chi connectivity index (χ1) is 13.7. The van der Waals surface area contributed by atoms with Crippen molar-refractivity contribution in [1.82, 2.24) is 19.7 Å². The van der Waals surface area contributed by atoms with E-state index in [4.69, 9.17) is 22.1 Å². The van der Waals surface area contributed by atoms with Gasteiger partial charge in [0.2, 0.25) is 0 Å². The molecular formula is C22H27FN4OS. The van der Waals surface area contributed by atoms with Crippen LogP contribution in [0.3, 0.4) is 0 Å². The summed E-state index contributed by atoms with van der Waals surface area (Å²) in [6, 6.07) is 14.4. The molecule has 3 rings (SSSR count). The standard InChI is InChI=1S/C22H27FN4OS/c1-22(2,3)19(15-6-10-17(23)11-7-15)24-14-27-21(29)26(4)20(25-27)16-8-12-18(28-5)13-9-16/h6-13,19,24H,14H2,1-5H3. The number of hydrogen-bond donors (Lipinski definition) is 1. The molecule has 5 nitrogen and oxygen atoms in total. The Morgan fingerprint density at radius 1 is 1.10 bits per heavy atom. The third kappa shape index (κ3) is 4.74. The normalized spacial score (nSPS) is 12.8. The highest BCUT2D eigenvalue weighted by Gasteiger charge is 2.26. The van der Waals surface area contributed by atoms with Gasteiger partial charge in [0, 0.05) is 18.7 Å². The molecule has 0 fully saturated rings. The van der Waals surface area contributed by atoms with Crippen molar-refractivity contribution in [3.63, 3.8) is 0 Å². The van der Waals surface area contributed by atoms with Crippen LogP contribution in [0.4, 0.5) is 4.39 Å². The zero-order valence-corrected chi connectivity index (χ0v) is 18.3. The van der Waals surface area contributed by atoms with Crippen LogP contribution in [-0.4, -0.2) is 21.5 Å². The quantitative estimate of drug-likeness (QED) is 0.570. The first-order valence-corrected chi connectivity index (χ1v) is 9.88. The molecule has 1 aromatic heterocycles. The van der Waals surface area contributed by atoms with Crippen LogP contribution in [0.1, 0.15) is 32.4 Å². The maximum absolute atomic E-state index is 13.3. The highest BCUT2D eigenvalue weighted by Crippen LogP contribution is 2.33. The van der Waals surface area contributed by atoms with Crippen molar-refractivity contribution in [2.24, 2.45) is 12.5 Å². The van der Waals surface area contributed by atoms with Crippen LogP contribution in [0.2, 0.25) is 0 Å². The van der Waals surface area contributed by atoms with E-state index in [-0.39, 0.29) is 17.3 Å². The molecule has 1 unspecified atom stereocenters. The van der Waals surface area contributed by atoms with Gasteiger partial charge in [-0.05, 0) is 59.6 Å². The van der Waals surface area contributed by atoms with Crippen molar-refractivity contribution >= 4 is 12.2 Å². The summed E-state index contributed by atoms with van der Waals surface area (Å²) >= 11 is 5.59. The molecule has 0 saturated heterocycles. The molecule has 0 radical (unpaired) electrons. The summed E-state index contributed by atoms with van der Waals surface area (Å²) < 4.78 is 22.9. The second-order valence-electron chi connectivity index (χ2n) is 8.11. The maximum Gasteiger partial charge on any atom is 0.199 e. The van der Waals surface area contributed by atoms with E-state index in [1.807, 2.05) is 48.0 Å². The molecule has 0 aliphatic carbocycles. The Morgan fingerprint density at radius 2 is 1.72 bits per heavy atom. The van der Waals surface area contributed by atoms with Crippen LogP contribution in [0.25, 0.3) is 11.4 Å². The second-order valence-corrected chi connectivity index (χ2v) is 8.47. The summed E-state index contributed by atoms with van der Waals surface area (Å²) in [7, 11) is 3.55. The van der Waals surface area contributed by atoms with Gasteiger partial charge in [0.05, 0.1) is 13.8 Å². The van der Waals surface area contributed by atoms with Crippen LogP contribution >= 0.6 is 12.2 Å². The minimum atomic E-state index is -0.238. The number of nitrogens with zero attached hydrogens (tertiary/aromatic N) is 3. The second kappa shape index (κ2) is 8.47. The number of aromatic nitrogens is 3. The smallest absolute Gasteiger partial charge is 0.199 e. The zero-order chi connectivity index (χ0) is 21.2. The molecule has 0 amide bonds. The summed E-state index contributed by atoms with van der Waals surface area (Å²) in [6.07, 6.45) is 0. The lowest BCUT2D eigenvalue weighted by atomic mass is 9.82. The molecule has 1 atom stereocenters. The van der Waals surface area contributed by atoms with Crippen molar-refractivity contribution in [2.45, 2.75) is 33.5 Å². The molecule has 1 N–H and O–H groups in total. The van der Waals surface area contributed by atoms with Gasteiger partial charge in [0.15, 0.2) is 10.6 Å². The van der Waals surface area contributed by atoms with Gasteiger partial charge >= 0.3 is 0 Å². The van der Waals surface area contributed by atoms with E-state index in [1.165, 1.54) is 12.1 Å². The summed E-state index contributed by atoms with van der Waals surface area (Å²) in [5.74, 6) is 1.34. The molecule has 0 aliphatic heterocycles. The Balaban J connectivity index is 1.85. The molecule has 0 spiro atoms. The van der Waals surface area contributed by atoms with Gasteiger partial charge in [0.25, 0.3) is 0 Å². The summed E-state index contributed by atoms with van der Waals surface area (Å²) in [5.41, 5.74) is 1.91. The van der Waals surface area contributed by atoms with Crippen molar-refractivity contribution in [3.8, 4) is 17.1 Å². The van der Waals surface area contributed by atoms with Gasteiger partial charge in [-0.15, -0.1) is 0 Å². The number of nitrogens with one attached hydrogen (secondary N) is 1. The van der Waals surface area contributed by atoms with E-state index >= 15 is 0 Å². The Morgan fingerprint density at radius 3 is 2.28 bits per heavy atom. The van der Waals surface area contributed by atoms with Gasteiger partial charge in [-0.3, -0.25) is 5.32 Å². The van der Waals surface area contributed by atoms with Gasteiger partial charge in [-0.2, -0.15) is 5.10 Å². The predicted octanol–water partition coefficient (Wildman–Crippen LogP) is 5.10. The lowest BCUT2D eigenvalue weighted by Crippen LogP contribution is -2.34. The topological polar surface area (TPSA) is 44.0 Å².